The average Bonchev–Trinajstić information content (AvgIpc) is 3.15. The van der Waals surface area contributed by atoms with Crippen LogP contribution in [0.3, 0.4) is 0 Å². The Labute approximate surface area is 183 Å². The molecule has 1 saturated carbocycles. The molecule has 2 aliphatic rings. The van der Waals surface area contributed by atoms with Gasteiger partial charge in [0.15, 0.2) is 0 Å². The van der Waals surface area contributed by atoms with Gasteiger partial charge in [0.25, 0.3) is 5.56 Å². The van der Waals surface area contributed by atoms with Gasteiger partial charge in [0.05, 0.1) is 5.75 Å². The lowest BCUT2D eigenvalue weighted by molar-refractivity contribution is 0.305. The van der Waals surface area contributed by atoms with Gasteiger partial charge in [0.2, 0.25) is 16.0 Å². The summed E-state index contributed by atoms with van der Waals surface area (Å²) in [7, 11) is -3.15. The molecule has 2 fully saturated rings. The highest BCUT2D eigenvalue weighted by atomic mass is 32.2. The molecule has 2 aromatic rings. The van der Waals surface area contributed by atoms with Crippen molar-refractivity contribution in [2.24, 2.45) is 5.41 Å². The molecule has 4 rings (SSSR count). The van der Waals surface area contributed by atoms with E-state index in [0.29, 0.717) is 37.5 Å². The number of nitrogens with zero attached hydrogens (tertiary/aromatic N) is 4. The van der Waals surface area contributed by atoms with Crippen LogP contribution in [0.1, 0.15) is 52.0 Å². The van der Waals surface area contributed by atoms with Crippen LogP contribution in [0, 0.1) is 5.41 Å². The first-order valence-corrected chi connectivity index (χ1v) is 12.6. The molecule has 31 heavy (non-hydrogen) atoms. The molecular weight excluding hydrogens is 414 g/mol. The summed E-state index contributed by atoms with van der Waals surface area (Å²) >= 11 is 0. The van der Waals surface area contributed by atoms with Gasteiger partial charge in [0, 0.05) is 48.2 Å². The second-order valence-electron chi connectivity index (χ2n) is 8.85. The minimum absolute atomic E-state index is 0.0199. The van der Waals surface area contributed by atoms with Crippen molar-refractivity contribution in [2.45, 2.75) is 58.0 Å². The summed E-state index contributed by atoms with van der Waals surface area (Å²) in [5.74, 6) is 0.600. The van der Waals surface area contributed by atoms with Crippen LogP contribution in [0.4, 0.5) is 5.95 Å². The van der Waals surface area contributed by atoms with Crippen LogP contribution in [0.2, 0.25) is 0 Å². The molecule has 0 aromatic carbocycles. The predicted octanol–water partition coefficient (Wildman–Crippen LogP) is 2.93. The van der Waals surface area contributed by atoms with Gasteiger partial charge >= 0.3 is 0 Å². The third kappa shape index (κ3) is 4.13. The molecule has 0 radical (unpaired) electrons. The lowest BCUT2D eigenvalue weighted by Crippen LogP contribution is -2.43. The number of fused-ring (bicyclic) bond motifs is 1. The fraction of sp³-hybridized carbons (Fsp3) is 0.591. The first kappa shape index (κ1) is 22.0. The van der Waals surface area contributed by atoms with E-state index in [9.17, 15) is 13.2 Å². The number of sulfonamides is 1. The Kier molecular flexibility index (Phi) is 5.91. The zero-order valence-electron chi connectivity index (χ0n) is 18.2. The molecule has 1 aliphatic carbocycles. The van der Waals surface area contributed by atoms with Crippen molar-refractivity contribution < 1.29 is 8.42 Å². The largest absolute Gasteiger partial charge is 0.351 e. The van der Waals surface area contributed by atoms with E-state index < -0.39 is 10.0 Å². The molecule has 2 aromatic heterocycles. The third-order valence-electron chi connectivity index (χ3n) is 6.94. The molecule has 1 N–H and O–H groups in total. The van der Waals surface area contributed by atoms with Crippen LogP contribution < -0.4 is 10.9 Å². The maximum atomic E-state index is 12.9. The first-order valence-electron chi connectivity index (χ1n) is 11.0. The number of piperidine rings is 1. The molecule has 1 saturated heterocycles. The van der Waals surface area contributed by atoms with E-state index >= 15 is 0 Å². The maximum absolute atomic E-state index is 12.9. The predicted molar refractivity (Wildman–Crippen MR) is 123 cm³/mol. The van der Waals surface area contributed by atoms with E-state index in [4.69, 9.17) is 4.98 Å². The minimum Gasteiger partial charge on any atom is -0.351 e. The number of aromatic nitrogens is 3. The van der Waals surface area contributed by atoms with E-state index in [-0.39, 0.29) is 28.8 Å². The maximum Gasteiger partial charge on any atom is 0.252 e. The van der Waals surface area contributed by atoms with E-state index in [1.807, 2.05) is 10.6 Å². The highest BCUT2D eigenvalue weighted by molar-refractivity contribution is 7.89. The summed E-state index contributed by atoms with van der Waals surface area (Å²) in [4.78, 5) is 22.1. The molecule has 3 heterocycles. The summed E-state index contributed by atoms with van der Waals surface area (Å²) < 4.78 is 27.5. The van der Waals surface area contributed by atoms with Gasteiger partial charge in [-0.15, -0.1) is 6.58 Å². The van der Waals surface area contributed by atoms with Crippen molar-refractivity contribution >= 4 is 27.0 Å². The average molecular weight is 446 g/mol. The number of rotatable bonds is 6. The van der Waals surface area contributed by atoms with Crippen molar-refractivity contribution in [1.29, 1.82) is 0 Å². The molecule has 0 spiro atoms. The summed E-state index contributed by atoms with van der Waals surface area (Å²) in [6, 6.07) is 3.47. The number of nitrogens with one attached hydrogen (secondary N) is 1. The Morgan fingerprint density at radius 1 is 1.29 bits per heavy atom. The van der Waals surface area contributed by atoms with Gasteiger partial charge in [0.1, 0.15) is 5.65 Å². The smallest absolute Gasteiger partial charge is 0.252 e. The van der Waals surface area contributed by atoms with Crippen molar-refractivity contribution in [3.05, 3.63) is 41.3 Å². The van der Waals surface area contributed by atoms with Gasteiger partial charge in [-0.1, -0.05) is 19.4 Å². The zero-order valence-corrected chi connectivity index (χ0v) is 19.1. The summed E-state index contributed by atoms with van der Waals surface area (Å²) in [5, 5.41) is 4.18. The fourth-order valence-electron chi connectivity index (χ4n) is 4.89. The highest BCUT2D eigenvalue weighted by Crippen LogP contribution is 2.47. The van der Waals surface area contributed by atoms with Crippen LogP contribution in [-0.2, 0) is 10.0 Å². The normalized spacial score (nSPS) is 25.7. The molecule has 2 atom stereocenters. The van der Waals surface area contributed by atoms with E-state index in [2.05, 4.69) is 23.8 Å². The topological polar surface area (TPSA) is 97.2 Å². The van der Waals surface area contributed by atoms with E-state index in [1.54, 1.807) is 29.6 Å². The second-order valence-corrected chi connectivity index (χ2v) is 11.1. The molecule has 8 nitrogen and oxygen atoms in total. The zero-order chi connectivity index (χ0) is 22.2. The minimum atomic E-state index is -3.15. The van der Waals surface area contributed by atoms with Crippen LogP contribution in [0.15, 0.2) is 35.8 Å². The first-order chi connectivity index (χ1) is 14.8. The van der Waals surface area contributed by atoms with Gasteiger partial charge in [-0.3, -0.25) is 9.36 Å². The lowest BCUT2D eigenvalue weighted by Gasteiger charge is -2.32. The monoisotopic (exact) mass is 445 g/mol. The molecule has 9 heteroatoms. The Morgan fingerprint density at radius 3 is 2.71 bits per heavy atom. The van der Waals surface area contributed by atoms with Gasteiger partial charge in [-0.2, -0.15) is 4.98 Å². The molecule has 0 unspecified atom stereocenters. The van der Waals surface area contributed by atoms with Gasteiger partial charge in [-0.05, 0) is 38.7 Å². The van der Waals surface area contributed by atoms with Crippen LogP contribution in [0.5, 0.6) is 0 Å². The molecule has 168 valence electrons. The molecular formula is C22H31N5O3S. The fourth-order valence-corrected chi connectivity index (χ4v) is 6.02. The van der Waals surface area contributed by atoms with Gasteiger partial charge in [-0.25, -0.2) is 17.7 Å². The Balaban J connectivity index is 1.60. The quantitative estimate of drug-likeness (QED) is 0.687. The van der Waals surface area contributed by atoms with Crippen molar-refractivity contribution in [3.8, 4) is 0 Å². The second kappa shape index (κ2) is 8.35. The van der Waals surface area contributed by atoms with Crippen LogP contribution >= 0.6 is 0 Å². The molecule has 0 amide bonds. The summed E-state index contributed by atoms with van der Waals surface area (Å²) in [6.45, 7) is 8.83. The number of hydrogen-bond acceptors (Lipinski definition) is 6. The standard InChI is InChI=1S/C22H31N5O3S/c1-4-22(3)12-6-7-18(22)27-19(28)9-8-16-15-23-21(25-20(16)27)24-17-10-13-26(14-11-17)31(29,30)5-2/h4,8-9,15,17-18H,1,5-7,10-14H2,2-3H3,(H,23,24,25)/t18-,22-/m1/s1. The molecule has 0 bridgehead atoms. The third-order valence-corrected chi connectivity index (χ3v) is 8.83. The number of allylic oxidation sites excluding steroid dienone is 1. The van der Waals surface area contributed by atoms with Crippen molar-refractivity contribution in [3.63, 3.8) is 0 Å². The summed E-state index contributed by atoms with van der Waals surface area (Å²) in [5.41, 5.74) is 0.431. The van der Waals surface area contributed by atoms with Crippen molar-refractivity contribution in [2.75, 3.05) is 24.2 Å². The van der Waals surface area contributed by atoms with Crippen LogP contribution in [-0.4, -0.2) is 52.1 Å². The highest BCUT2D eigenvalue weighted by Gasteiger charge is 2.38. The van der Waals surface area contributed by atoms with Gasteiger partial charge < -0.3 is 5.32 Å². The summed E-state index contributed by atoms with van der Waals surface area (Å²) in [6.07, 6.45) is 8.06. The Morgan fingerprint density at radius 2 is 2.03 bits per heavy atom. The van der Waals surface area contributed by atoms with E-state index in [0.717, 1.165) is 24.6 Å². The van der Waals surface area contributed by atoms with E-state index in [1.165, 1.54) is 0 Å². The number of pyridine rings is 1. The number of hydrogen-bond donors (Lipinski definition) is 1. The molecule has 1 aliphatic heterocycles. The Hall–Kier alpha value is -2.26. The SMILES string of the molecule is C=C[C@]1(C)CCC[C@H]1n1c(=O)ccc2cnc(NC3CCN(S(=O)(=O)CC)CC3)nc21. The van der Waals surface area contributed by atoms with Crippen LogP contribution in [0.25, 0.3) is 11.0 Å². The van der Waals surface area contributed by atoms with Crippen molar-refractivity contribution in [1.82, 2.24) is 18.8 Å². The number of anilines is 1. The lowest BCUT2D eigenvalue weighted by atomic mass is 9.84. The Bertz CT molecular complexity index is 1140.